The summed E-state index contributed by atoms with van der Waals surface area (Å²) in [5.74, 6) is -0.262. The van der Waals surface area contributed by atoms with Crippen molar-refractivity contribution in [2.75, 3.05) is 19.3 Å². The first-order valence-electron chi connectivity index (χ1n) is 6.92. The summed E-state index contributed by atoms with van der Waals surface area (Å²) in [7, 11) is -3.37. The summed E-state index contributed by atoms with van der Waals surface area (Å²) >= 11 is 0. The first kappa shape index (κ1) is 15.2. The SMILES string of the molecule is CS(=O)(=O)N1CCCCC1C(=O)NC1CCC(=O)NC1. The highest BCUT2D eigenvalue weighted by Gasteiger charge is 2.35. The van der Waals surface area contributed by atoms with E-state index in [9.17, 15) is 18.0 Å². The normalized spacial score (nSPS) is 28.8. The van der Waals surface area contributed by atoms with Crippen LogP contribution in [-0.2, 0) is 19.6 Å². The number of nitrogens with one attached hydrogen (secondary N) is 2. The molecule has 8 heteroatoms. The summed E-state index contributed by atoms with van der Waals surface area (Å²) in [5, 5.41) is 5.55. The van der Waals surface area contributed by atoms with E-state index in [4.69, 9.17) is 0 Å². The van der Waals surface area contributed by atoms with Crippen molar-refractivity contribution in [2.24, 2.45) is 0 Å². The topological polar surface area (TPSA) is 95.6 Å². The van der Waals surface area contributed by atoms with Gasteiger partial charge in [0.2, 0.25) is 21.8 Å². The minimum absolute atomic E-state index is 0.00840. The Labute approximate surface area is 119 Å². The molecular formula is C12H21N3O4S. The van der Waals surface area contributed by atoms with Gasteiger partial charge in [-0.25, -0.2) is 8.42 Å². The molecule has 0 saturated carbocycles. The summed E-state index contributed by atoms with van der Waals surface area (Å²) < 4.78 is 24.7. The molecule has 2 rings (SSSR count). The van der Waals surface area contributed by atoms with E-state index in [1.54, 1.807) is 0 Å². The molecule has 114 valence electrons. The van der Waals surface area contributed by atoms with Gasteiger partial charge in [0.1, 0.15) is 6.04 Å². The van der Waals surface area contributed by atoms with E-state index in [0.29, 0.717) is 32.4 Å². The molecule has 2 atom stereocenters. The highest BCUT2D eigenvalue weighted by molar-refractivity contribution is 7.88. The van der Waals surface area contributed by atoms with Crippen molar-refractivity contribution in [2.45, 2.75) is 44.2 Å². The van der Waals surface area contributed by atoms with Crippen LogP contribution in [-0.4, -0.2) is 56.0 Å². The first-order chi connectivity index (χ1) is 9.38. The maximum atomic E-state index is 12.3. The molecule has 2 unspecified atom stereocenters. The summed E-state index contributed by atoms with van der Waals surface area (Å²) in [6, 6.07) is -0.722. The molecule has 0 radical (unpaired) electrons. The number of carbonyl (C=O) groups excluding carboxylic acids is 2. The second-order valence-corrected chi connectivity index (χ2v) is 7.37. The van der Waals surface area contributed by atoms with E-state index in [0.717, 1.165) is 19.1 Å². The number of nitrogens with zero attached hydrogens (tertiary/aromatic N) is 1. The van der Waals surface area contributed by atoms with Gasteiger partial charge < -0.3 is 10.6 Å². The van der Waals surface area contributed by atoms with Gasteiger partial charge in [0, 0.05) is 25.6 Å². The zero-order valence-electron chi connectivity index (χ0n) is 11.6. The average Bonchev–Trinajstić information content (AvgIpc) is 2.40. The lowest BCUT2D eigenvalue weighted by atomic mass is 10.0. The Morgan fingerprint density at radius 2 is 2.10 bits per heavy atom. The number of sulfonamides is 1. The summed E-state index contributed by atoms with van der Waals surface area (Å²) in [6.45, 7) is 0.814. The molecule has 2 heterocycles. The third-order valence-corrected chi connectivity index (χ3v) is 5.08. The second-order valence-electron chi connectivity index (χ2n) is 5.43. The fraction of sp³-hybridized carbons (Fsp3) is 0.833. The van der Waals surface area contributed by atoms with E-state index >= 15 is 0 Å². The van der Waals surface area contributed by atoms with Gasteiger partial charge in [0.05, 0.1) is 6.26 Å². The number of piperidine rings is 2. The number of amides is 2. The van der Waals surface area contributed by atoms with E-state index in [2.05, 4.69) is 10.6 Å². The first-order valence-corrected chi connectivity index (χ1v) is 8.76. The van der Waals surface area contributed by atoms with Crippen LogP contribution in [0.4, 0.5) is 0 Å². The molecule has 0 aliphatic carbocycles. The smallest absolute Gasteiger partial charge is 0.238 e. The van der Waals surface area contributed by atoms with Gasteiger partial charge in [-0.05, 0) is 19.3 Å². The maximum absolute atomic E-state index is 12.3. The fourth-order valence-corrected chi connectivity index (χ4v) is 3.84. The van der Waals surface area contributed by atoms with Crippen molar-refractivity contribution in [1.29, 1.82) is 0 Å². The van der Waals surface area contributed by atoms with Crippen LogP contribution in [0, 0.1) is 0 Å². The quantitative estimate of drug-likeness (QED) is 0.713. The van der Waals surface area contributed by atoms with E-state index in [1.807, 2.05) is 0 Å². The fourth-order valence-electron chi connectivity index (χ4n) is 2.72. The molecule has 0 spiro atoms. The molecule has 2 N–H and O–H groups in total. The molecule has 0 bridgehead atoms. The molecular weight excluding hydrogens is 282 g/mol. The van der Waals surface area contributed by atoms with Crippen LogP contribution in [0.1, 0.15) is 32.1 Å². The Morgan fingerprint density at radius 1 is 1.35 bits per heavy atom. The summed E-state index contributed by atoms with van der Waals surface area (Å²) in [4.78, 5) is 23.3. The Morgan fingerprint density at radius 3 is 2.70 bits per heavy atom. The van der Waals surface area contributed by atoms with Crippen LogP contribution >= 0.6 is 0 Å². The predicted molar refractivity (Wildman–Crippen MR) is 73.4 cm³/mol. The lowest BCUT2D eigenvalue weighted by molar-refractivity contribution is -0.128. The molecule has 0 aromatic carbocycles. The van der Waals surface area contributed by atoms with Crippen molar-refractivity contribution in [3.05, 3.63) is 0 Å². The third-order valence-electron chi connectivity index (χ3n) is 3.79. The average molecular weight is 303 g/mol. The van der Waals surface area contributed by atoms with Crippen LogP contribution in [0.2, 0.25) is 0 Å². The van der Waals surface area contributed by atoms with Gasteiger partial charge in [-0.2, -0.15) is 4.31 Å². The van der Waals surface area contributed by atoms with E-state index < -0.39 is 16.1 Å². The molecule has 0 aromatic rings. The molecule has 20 heavy (non-hydrogen) atoms. The largest absolute Gasteiger partial charge is 0.354 e. The Balaban J connectivity index is 1.98. The monoisotopic (exact) mass is 303 g/mol. The molecule has 2 amide bonds. The minimum atomic E-state index is -3.37. The van der Waals surface area contributed by atoms with Gasteiger partial charge in [-0.3, -0.25) is 9.59 Å². The molecule has 0 aromatic heterocycles. The van der Waals surface area contributed by atoms with Gasteiger partial charge in [0.15, 0.2) is 0 Å². The van der Waals surface area contributed by atoms with Crippen LogP contribution < -0.4 is 10.6 Å². The van der Waals surface area contributed by atoms with Crippen molar-refractivity contribution in [3.8, 4) is 0 Å². The standard InChI is InChI=1S/C12H21N3O4S/c1-20(18,19)15-7-3-2-4-10(15)12(17)14-9-5-6-11(16)13-8-9/h9-10H,2-8H2,1H3,(H,13,16)(H,14,17). The number of rotatable bonds is 3. The second kappa shape index (κ2) is 6.09. The van der Waals surface area contributed by atoms with Crippen molar-refractivity contribution < 1.29 is 18.0 Å². The zero-order valence-corrected chi connectivity index (χ0v) is 12.4. The van der Waals surface area contributed by atoms with Crippen LogP contribution in [0.3, 0.4) is 0 Å². The predicted octanol–water partition coefficient (Wildman–Crippen LogP) is -0.805. The number of hydrogen-bond acceptors (Lipinski definition) is 4. The molecule has 7 nitrogen and oxygen atoms in total. The maximum Gasteiger partial charge on any atom is 0.238 e. The highest BCUT2D eigenvalue weighted by Crippen LogP contribution is 2.20. The lowest BCUT2D eigenvalue weighted by Crippen LogP contribution is -2.56. The van der Waals surface area contributed by atoms with Crippen LogP contribution in [0.15, 0.2) is 0 Å². The van der Waals surface area contributed by atoms with Crippen molar-refractivity contribution in [3.63, 3.8) is 0 Å². The Kier molecular flexibility index (Phi) is 4.64. The van der Waals surface area contributed by atoms with Crippen molar-refractivity contribution in [1.82, 2.24) is 14.9 Å². The molecule has 2 fully saturated rings. The van der Waals surface area contributed by atoms with Gasteiger partial charge in [-0.1, -0.05) is 6.42 Å². The lowest BCUT2D eigenvalue weighted by Gasteiger charge is -2.34. The van der Waals surface area contributed by atoms with E-state index in [1.165, 1.54) is 4.31 Å². The molecule has 2 aliphatic heterocycles. The van der Waals surface area contributed by atoms with Crippen LogP contribution in [0.25, 0.3) is 0 Å². The van der Waals surface area contributed by atoms with Crippen molar-refractivity contribution >= 4 is 21.8 Å². The third kappa shape index (κ3) is 3.69. The zero-order chi connectivity index (χ0) is 14.8. The van der Waals surface area contributed by atoms with Gasteiger partial charge in [-0.15, -0.1) is 0 Å². The molecule has 2 aliphatic rings. The van der Waals surface area contributed by atoms with Gasteiger partial charge in [0.25, 0.3) is 0 Å². The van der Waals surface area contributed by atoms with E-state index in [-0.39, 0.29) is 17.9 Å². The number of carbonyl (C=O) groups is 2. The summed E-state index contributed by atoms with van der Waals surface area (Å²) in [6.07, 6.45) is 4.33. The number of hydrogen-bond donors (Lipinski definition) is 2. The minimum Gasteiger partial charge on any atom is -0.354 e. The molecule has 2 saturated heterocycles. The van der Waals surface area contributed by atoms with Gasteiger partial charge >= 0.3 is 0 Å². The highest BCUT2D eigenvalue weighted by atomic mass is 32.2. The Hall–Kier alpha value is -1.15. The Bertz CT molecular complexity index is 481. The summed E-state index contributed by atoms with van der Waals surface area (Å²) in [5.41, 5.74) is 0. The van der Waals surface area contributed by atoms with Crippen LogP contribution in [0.5, 0.6) is 0 Å².